The van der Waals surface area contributed by atoms with Gasteiger partial charge in [-0.1, -0.05) is 23.2 Å². The Kier molecular flexibility index (Phi) is 8.04. The van der Waals surface area contributed by atoms with Crippen molar-refractivity contribution in [3.8, 4) is 17.4 Å². The normalized spacial score (nSPS) is 12.0. The number of aromatic nitrogens is 2. The van der Waals surface area contributed by atoms with Crippen molar-refractivity contribution in [2.24, 2.45) is 7.05 Å². The van der Waals surface area contributed by atoms with Crippen LogP contribution in [0.3, 0.4) is 0 Å². The lowest BCUT2D eigenvalue weighted by Gasteiger charge is -2.19. The summed E-state index contributed by atoms with van der Waals surface area (Å²) in [7, 11) is 1.54. The summed E-state index contributed by atoms with van der Waals surface area (Å²) >= 11 is 12.3. The minimum atomic E-state index is -1.19. The van der Waals surface area contributed by atoms with Crippen molar-refractivity contribution in [2.45, 2.75) is 46.3 Å². The van der Waals surface area contributed by atoms with Gasteiger partial charge in [-0.15, -0.1) is 0 Å². The highest BCUT2D eigenvalue weighted by Gasteiger charge is 2.25. The Hall–Kier alpha value is -3.18. The Bertz CT molecular complexity index is 1080. The second kappa shape index (κ2) is 10.2. The lowest BCUT2D eigenvalue weighted by atomic mass is 10.2. The standard InChI is InChI=1S/C20H24Cl2N4O7/c1-9-15(16(27)23-24-19(30)33-20(3,4)5)17(26(6)25-9)32-14-8-13(11(21)7-12(14)22)31-10(2)18(28)29/h7-8,10H,1-6H3,(H,23,27)(H,24,30)(H,28,29)/t10-/m0/s1. The molecule has 0 unspecified atom stereocenters. The molecule has 2 amide bonds. The molecule has 0 bridgehead atoms. The second-order valence-electron chi connectivity index (χ2n) is 7.88. The van der Waals surface area contributed by atoms with Crippen molar-refractivity contribution < 1.29 is 33.7 Å². The molecule has 0 saturated carbocycles. The molecule has 1 heterocycles. The van der Waals surface area contributed by atoms with Crippen LogP contribution in [0.2, 0.25) is 10.0 Å². The fourth-order valence-electron chi connectivity index (χ4n) is 2.51. The van der Waals surface area contributed by atoms with Crippen LogP contribution in [0.1, 0.15) is 43.7 Å². The Morgan fingerprint density at radius 3 is 2.30 bits per heavy atom. The molecular formula is C20H24Cl2N4O7. The van der Waals surface area contributed by atoms with Crippen molar-refractivity contribution in [2.75, 3.05) is 0 Å². The molecule has 0 spiro atoms. The molecule has 1 aromatic carbocycles. The molecule has 0 fully saturated rings. The van der Waals surface area contributed by atoms with Crippen LogP contribution >= 0.6 is 23.2 Å². The molecule has 0 aliphatic carbocycles. The first-order valence-electron chi connectivity index (χ1n) is 9.59. The van der Waals surface area contributed by atoms with Crippen molar-refractivity contribution in [3.05, 3.63) is 33.4 Å². The summed E-state index contributed by atoms with van der Waals surface area (Å²) in [4.78, 5) is 35.6. The van der Waals surface area contributed by atoms with E-state index in [1.54, 1.807) is 27.7 Å². The lowest BCUT2D eigenvalue weighted by molar-refractivity contribution is -0.144. The summed E-state index contributed by atoms with van der Waals surface area (Å²) in [5.74, 6) is -1.87. The number of carboxylic acids is 1. The summed E-state index contributed by atoms with van der Waals surface area (Å²) < 4.78 is 17.5. The number of nitrogens with zero attached hydrogens (tertiary/aromatic N) is 2. The smallest absolute Gasteiger partial charge is 0.426 e. The van der Waals surface area contributed by atoms with Crippen molar-refractivity contribution >= 4 is 41.2 Å². The highest BCUT2D eigenvalue weighted by Crippen LogP contribution is 2.39. The van der Waals surface area contributed by atoms with E-state index in [2.05, 4.69) is 16.0 Å². The molecule has 0 radical (unpaired) electrons. The predicted octanol–water partition coefficient (Wildman–Crippen LogP) is 3.85. The molecule has 33 heavy (non-hydrogen) atoms. The van der Waals surface area contributed by atoms with E-state index in [-0.39, 0.29) is 33.0 Å². The molecule has 0 aliphatic heterocycles. The van der Waals surface area contributed by atoms with E-state index in [9.17, 15) is 14.4 Å². The summed E-state index contributed by atoms with van der Waals surface area (Å²) in [6.45, 7) is 7.93. The number of nitrogens with one attached hydrogen (secondary N) is 2. The number of carbonyl (C=O) groups excluding carboxylic acids is 2. The minimum absolute atomic E-state index is 0.00237. The van der Waals surface area contributed by atoms with Gasteiger partial charge >= 0.3 is 12.1 Å². The van der Waals surface area contributed by atoms with E-state index >= 15 is 0 Å². The molecule has 1 aromatic heterocycles. The number of amides is 2. The number of hydrogen-bond donors (Lipinski definition) is 3. The number of halogens is 2. The molecular weight excluding hydrogens is 479 g/mol. The number of carbonyl (C=O) groups is 3. The molecule has 13 heteroatoms. The van der Waals surface area contributed by atoms with Crippen molar-refractivity contribution in [3.63, 3.8) is 0 Å². The quantitative estimate of drug-likeness (QED) is 0.505. The number of hydrazine groups is 1. The average Bonchev–Trinajstić information content (AvgIpc) is 2.95. The largest absolute Gasteiger partial charge is 0.479 e. The number of aryl methyl sites for hydroxylation is 2. The molecule has 2 rings (SSSR count). The van der Waals surface area contributed by atoms with E-state index in [1.807, 2.05) is 0 Å². The third-order valence-electron chi connectivity index (χ3n) is 3.92. The van der Waals surface area contributed by atoms with Crippen molar-refractivity contribution in [1.82, 2.24) is 20.6 Å². The van der Waals surface area contributed by atoms with Gasteiger partial charge in [0.2, 0.25) is 5.88 Å². The Labute approximate surface area is 199 Å². The van der Waals surface area contributed by atoms with Crippen LogP contribution in [-0.2, 0) is 16.6 Å². The first-order valence-corrected chi connectivity index (χ1v) is 10.3. The maximum Gasteiger partial charge on any atom is 0.426 e. The monoisotopic (exact) mass is 502 g/mol. The maximum atomic E-state index is 12.7. The van der Waals surface area contributed by atoms with Gasteiger partial charge in [-0.05, 0) is 40.7 Å². The maximum absolute atomic E-state index is 12.7. The van der Waals surface area contributed by atoms with Crippen LogP contribution in [0.5, 0.6) is 17.4 Å². The van der Waals surface area contributed by atoms with Gasteiger partial charge in [0.25, 0.3) is 5.91 Å². The summed E-state index contributed by atoms with van der Waals surface area (Å²) in [5.41, 5.74) is 3.95. The fourth-order valence-corrected chi connectivity index (χ4v) is 2.98. The zero-order chi connectivity index (χ0) is 25.1. The van der Waals surface area contributed by atoms with Gasteiger partial charge in [0.1, 0.15) is 16.9 Å². The first kappa shape index (κ1) is 26.1. The zero-order valence-corrected chi connectivity index (χ0v) is 20.3. The van der Waals surface area contributed by atoms with Crippen molar-refractivity contribution in [1.29, 1.82) is 0 Å². The van der Waals surface area contributed by atoms with Gasteiger partial charge in [-0.3, -0.25) is 10.2 Å². The minimum Gasteiger partial charge on any atom is -0.479 e. The van der Waals surface area contributed by atoms with Crippen LogP contribution in [0, 0.1) is 6.92 Å². The van der Waals surface area contributed by atoms with Gasteiger partial charge in [-0.25, -0.2) is 19.7 Å². The molecule has 3 N–H and O–H groups in total. The van der Waals surface area contributed by atoms with Gasteiger partial charge in [0, 0.05) is 13.1 Å². The van der Waals surface area contributed by atoms with Gasteiger partial charge in [0.15, 0.2) is 11.9 Å². The molecule has 1 atom stereocenters. The molecule has 0 aliphatic rings. The molecule has 180 valence electrons. The zero-order valence-electron chi connectivity index (χ0n) is 18.8. The van der Waals surface area contributed by atoms with Crippen LogP contribution in [0.4, 0.5) is 4.79 Å². The predicted molar refractivity (Wildman–Crippen MR) is 119 cm³/mol. The van der Waals surface area contributed by atoms with Crippen LogP contribution < -0.4 is 20.3 Å². The SMILES string of the molecule is Cc1nn(C)c(Oc2cc(O[C@@H](C)C(=O)O)c(Cl)cc2Cl)c1C(=O)NNC(=O)OC(C)(C)C. The van der Waals surface area contributed by atoms with E-state index in [4.69, 9.17) is 42.5 Å². The highest BCUT2D eigenvalue weighted by atomic mass is 35.5. The number of benzene rings is 1. The highest BCUT2D eigenvalue weighted by molar-refractivity contribution is 6.36. The van der Waals surface area contributed by atoms with Gasteiger partial charge < -0.3 is 19.3 Å². The Morgan fingerprint density at radius 1 is 1.12 bits per heavy atom. The lowest BCUT2D eigenvalue weighted by Crippen LogP contribution is -2.44. The summed E-state index contributed by atoms with van der Waals surface area (Å²) in [6.07, 6.45) is -2.04. The van der Waals surface area contributed by atoms with Gasteiger partial charge in [-0.2, -0.15) is 5.10 Å². The topological polar surface area (TPSA) is 141 Å². The first-order chi connectivity index (χ1) is 15.2. The average molecular weight is 503 g/mol. The number of rotatable bonds is 6. The van der Waals surface area contributed by atoms with E-state index < -0.39 is 29.7 Å². The Balaban J connectivity index is 2.30. The number of hydrogen-bond acceptors (Lipinski definition) is 7. The third-order valence-corrected chi connectivity index (χ3v) is 4.51. The van der Waals surface area contributed by atoms with E-state index in [0.29, 0.717) is 5.69 Å². The van der Waals surface area contributed by atoms with E-state index in [1.165, 1.54) is 30.8 Å². The molecule has 11 nitrogen and oxygen atoms in total. The summed E-state index contributed by atoms with van der Waals surface area (Å²) in [6, 6.07) is 2.61. The van der Waals surface area contributed by atoms with Crippen LogP contribution in [-0.4, -0.2) is 44.6 Å². The number of aliphatic carboxylic acids is 1. The van der Waals surface area contributed by atoms with Gasteiger partial charge in [0.05, 0.1) is 15.7 Å². The summed E-state index contributed by atoms with van der Waals surface area (Å²) in [5, 5.41) is 13.4. The number of carboxylic acid groups (broad SMARTS) is 1. The molecule has 2 aromatic rings. The fraction of sp³-hybridized carbons (Fsp3) is 0.400. The number of ether oxygens (including phenoxy) is 3. The second-order valence-corrected chi connectivity index (χ2v) is 8.70. The molecule has 0 saturated heterocycles. The third kappa shape index (κ3) is 6.90. The van der Waals surface area contributed by atoms with Crippen LogP contribution in [0.25, 0.3) is 0 Å². The van der Waals surface area contributed by atoms with Crippen LogP contribution in [0.15, 0.2) is 12.1 Å². The van der Waals surface area contributed by atoms with E-state index in [0.717, 1.165) is 0 Å². The Morgan fingerprint density at radius 2 is 1.73 bits per heavy atom.